The summed E-state index contributed by atoms with van der Waals surface area (Å²) in [6, 6.07) is 6.17. The molecule has 2 rings (SSSR count). The van der Waals surface area contributed by atoms with Gasteiger partial charge in [0.1, 0.15) is 5.58 Å². The van der Waals surface area contributed by atoms with Gasteiger partial charge in [0.15, 0.2) is 0 Å². The van der Waals surface area contributed by atoms with E-state index in [4.69, 9.17) is 4.42 Å². The number of para-hydroxylation sites is 1. The van der Waals surface area contributed by atoms with Crippen molar-refractivity contribution in [3.05, 3.63) is 34.5 Å². The maximum Gasteiger partial charge on any atom is 0.148 e. The Bertz CT molecular complexity index is 490. The SMILES string of the molecule is CC(C)CNCCc1coc2c(Br)cccc12. The van der Waals surface area contributed by atoms with Gasteiger partial charge in [-0.3, -0.25) is 0 Å². The van der Waals surface area contributed by atoms with Crippen LogP contribution in [-0.2, 0) is 6.42 Å². The quantitative estimate of drug-likeness (QED) is 0.844. The molecule has 0 unspecified atom stereocenters. The summed E-state index contributed by atoms with van der Waals surface area (Å²) in [6.45, 7) is 6.51. The van der Waals surface area contributed by atoms with Crippen LogP contribution in [0.3, 0.4) is 0 Å². The van der Waals surface area contributed by atoms with Gasteiger partial charge in [-0.15, -0.1) is 0 Å². The normalized spacial score (nSPS) is 11.5. The van der Waals surface area contributed by atoms with Crippen LogP contribution in [0.4, 0.5) is 0 Å². The summed E-state index contributed by atoms with van der Waals surface area (Å²) < 4.78 is 6.61. The summed E-state index contributed by atoms with van der Waals surface area (Å²) in [4.78, 5) is 0. The highest BCUT2D eigenvalue weighted by molar-refractivity contribution is 9.10. The molecule has 3 heteroatoms. The molecular formula is C14H18BrNO. The van der Waals surface area contributed by atoms with E-state index in [1.165, 1.54) is 10.9 Å². The van der Waals surface area contributed by atoms with Gasteiger partial charge >= 0.3 is 0 Å². The first-order valence-electron chi connectivity index (χ1n) is 6.04. The Morgan fingerprint density at radius 1 is 1.35 bits per heavy atom. The van der Waals surface area contributed by atoms with Crippen LogP contribution in [0.15, 0.2) is 33.4 Å². The van der Waals surface area contributed by atoms with Gasteiger partial charge < -0.3 is 9.73 Å². The molecule has 0 atom stereocenters. The fourth-order valence-electron chi connectivity index (χ4n) is 1.88. The van der Waals surface area contributed by atoms with E-state index in [9.17, 15) is 0 Å². The van der Waals surface area contributed by atoms with Crippen molar-refractivity contribution in [1.29, 1.82) is 0 Å². The average molecular weight is 296 g/mol. The van der Waals surface area contributed by atoms with E-state index < -0.39 is 0 Å². The van der Waals surface area contributed by atoms with E-state index >= 15 is 0 Å². The molecule has 0 aliphatic rings. The molecule has 2 nitrogen and oxygen atoms in total. The van der Waals surface area contributed by atoms with Gasteiger partial charge in [0.25, 0.3) is 0 Å². The van der Waals surface area contributed by atoms with Gasteiger partial charge in [-0.05, 0) is 53.0 Å². The molecule has 1 N–H and O–H groups in total. The van der Waals surface area contributed by atoms with Gasteiger partial charge in [-0.25, -0.2) is 0 Å². The van der Waals surface area contributed by atoms with Crippen molar-refractivity contribution in [2.24, 2.45) is 5.92 Å². The Morgan fingerprint density at radius 2 is 2.18 bits per heavy atom. The minimum atomic E-state index is 0.699. The Hall–Kier alpha value is -0.800. The maximum absolute atomic E-state index is 5.58. The molecule has 0 aliphatic carbocycles. The number of hydrogen-bond donors (Lipinski definition) is 1. The summed E-state index contributed by atoms with van der Waals surface area (Å²) in [5.74, 6) is 0.699. The molecule has 0 bridgehead atoms. The average Bonchev–Trinajstić information content (AvgIpc) is 2.69. The third-order valence-electron chi connectivity index (χ3n) is 2.76. The minimum absolute atomic E-state index is 0.699. The van der Waals surface area contributed by atoms with Gasteiger partial charge in [0, 0.05) is 5.39 Å². The van der Waals surface area contributed by atoms with Crippen LogP contribution in [0, 0.1) is 5.92 Å². The predicted molar refractivity (Wildman–Crippen MR) is 75.3 cm³/mol. The number of furan rings is 1. The van der Waals surface area contributed by atoms with Crippen molar-refractivity contribution in [3.63, 3.8) is 0 Å². The van der Waals surface area contributed by atoms with Crippen molar-refractivity contribution in [2.45, 2.75) is 20.3 Å². The molecule has 92 valence electrons. The van der Waals surface area contributed by atoms with E-state index in [1.807, 2.05) is 18.4 Å². The topological polar surface area (TPSA) is 25.2 Å². The second-order valence-corrected chi connectivity index (χ2v) is 5.58. The molecular weight excluding hydrogens is 278 g/mol. The van der Waals surface area contributed by atoms with E-state index in [1.54, 1.807) is 0 Å². The number of hydrogen-bond acceptors (Lipinski definition) is 2. The molecule has 0 saturated heterocycles. The fourth-order valence-corrected chi connectivity index (χ4v) is 2.34. The molecule has 17 heavy (non-hydrogen) atoms. The summed E-state index contributed by atoms with van der Waals surface area (Å²) in [6.07, 6.45) is 2.88. The minimum Gasteiger partial charge on any atom is -0.463 e. The van der Waals surface area contributed by atoms with Crippen molar-refractivity contribution in [3.8, 4) is 0 Å². The lowest BCUT2D eigenvalue weighted by Gasteiger charge is -2.06. The third kappa shape index (κ3) is 3.11. The molecule has 0 spiro atoms. The second-order valence-electron chi connectivity index (χ2n) is 4.73. The molecule has 1 heterocycles. The van der Waals surface area contributed by atoms with Crippen LogP contribution < -0.4 is 5.32 Å². The van der Waals surface area contributed by atoms with Crippen molar-refractivity contribution in [1.82, 2.24) is 5.32 Å². The molecule has 0 fully saturated rings. The molecule has 1 aromatic carbocycles. The fraction of sp³-hybridized carbons (Fsp3) is 0.429. The zero-order valence-corrected chi connectivity index (χ0v) is 11.9. The molecule has 1 aromatic heterocycles. The lowest BCUT2D eigenvalue weighted by molar-refractivity contribution is 0.552. The lowest BCUT2D eigenvalue weighted by Crippen LogP contribution is -2.21. The highest BCUT2D eigenvalue weighted by atomic mass is 79.9. The molecule has 2 aromatic rings. The largest absolute Gasteiger partial charge is 0.463 e. The van der Waals surface area contributed by atoms with Gasteiger partial charge in [-0.2, -0.15) is 0 Å². The molecule has 0 amide bonds. The highest BCUT2D eigenvalue weighted by Crippen LogP contribution is 2.28. The van der Waals surface area contributed by atoms with Gasteiger partial charge in [-0.1, -0.05) is 26.0 Å². The van der Waals surface area contributed by atoms with E-state index in [-0.39, 0.29) is 0 Å². The zero-order chi connectivity index (χ0) is 12.3. The Kier molecular flexibility index (Phi) is 4.24. The molecule has 0 radical (unpaired) electrons. The second kappa shape index (κ2) is 5.69. The summed E-state index contributed by atoms with van der Waals surface area (Å²) in [5, 5.41) is 4.66. The van der Waals surface area contributed by atoms with Crippen molar-refractivity contribution < 1.29 is 4.42 Å². The Labute approximate surface area is 111 Å². The van der Waals surface area contributed by atoms with Crippen LogP contribution >= 0.6 is 15.9 Å². The first-order valence-corrected chi connectivity index (χ1v) is 6.83. The van der Waals surface area contributed by atoms with E-state index in [0.717, 1.165) is 29.6 Å². The Morgan fingerprint density at radius 3 is 2.94 bits per heavy atom. The molecule has 0 saturated carbocycles. The Balaban J connectivity index is 2.02. The predicted octanol–water partition coefficient (Wildman–Crippen LogP) is 3.98. The van der Waals surface area contributed by atoms with E-state index in [2.05, 4.69) is 41.2 Å². The summed E-state index contributed by atoms with van der Waals surface area (Å²) in [5.41, 5.74) is 2.23. The highest BCUT2D eigenvalue weighted by Gasteiger charge is 2.07. The lowest BCUT2D eigenvalue weighted by atomic mass is 10.1. The van der Waals surface area contributed by atoms with Gasteiger partial charge in [0.05, 0.1) is 10.7 Å². The number of benzene rings is 1. The standard InChI is InChI=1S/C14H18BrNO/c1-10(2)8-16-7-6-11-9-17-14-12(11)4-3-5-13(14)15/h3-5,9-10,16H,6-8H2,1-2H3. The first kappa shape index (κ1) is 12.7. The molecule has 0 aliphatic heterocycles. The first-order chi connectivity index (χ1) is 8.18. The summed E-state index contributed by atoms with van der Waals surface area (Å²) >= 11 is 3.50. The van der Waals surface area contributed by atoms with Crippen LogP contribution in [0.25, 0.3) is 11.0 Å². The van der Waals surface area contributed by atoms with E-state index in [0.29, 0.717) is 5.92 Å². The van der Waals surface area contributed by atoms with Crippen LogP contribution in [-0.4, -0.2) is 13.1 Å². The number of rotatable bonds is 5. The monoisotopic (exact) mass is 295 g/mol. The number of nitrogens with one attached hydrogen (secondary N) is 1. The summed E-state index contributed by atoms with van der Waals surface area (Å²) in [7, 11) is 0. The van der Waals surface area contributed by atoms with Crippen LogP contribution in [0.5, 0.6) is 0 Å². The van der Waals surface area contributed by atoms with Crippen LogP contribution in [0.1, 0.15) is 19.4 Å². The number of halogens is 1. The number of fused-ring (bicyclic) bond motifs is 1. The maximum atomic E-state index is 5.58. The third-order valence-corrected chi connectivity index (χ3v) is 3.38. The van der Waals surface area contributed by atoms with Crippen molar-refractivity contribution >= 4 is 26.9 Å². The van der Waals surface area contributed by atoms with Gasteiger partial charge in [0.2, 0.25) is 0 Å². The zero-order valence-electron chi connectivity index (χ0n) is 10.3. The van der Waals surface area contributed by atoms with Crippen LogP contribution in [0.2, 0.25) is 0 Å². The van der Waals surface area contributed by atoms with Crippen molar-refractivity contribution in [2.75, 3.05) is 13.1 Å². The smallest absolute Gasteiger partial charge is 0.148 e.